The Balaban J connectivity index is 1.74. The van der Waals surface area contributed by atoms with E-state index in [-0.39, 0.29) is 5.56 Å². The SMILES string of the molecule is CCc1ccc(C=Cc2ccc(C3(C(F)(F)F)N=N3)cc2)cc1. The van der Waals surface area contributed by atoms with Crippen LogP contribution in [-0.2, 0) is 12.1 Å². The summed E-state index contributed by atoms with van der Waals surface area (Å²) in [4.78, 5) is 0. The maximum absolute atomic E-state index is 12.9. The van der Waals surface area contributed by atoms with Crippen LogP contribution in [0.15, 0.2) is 58.8 Å². The summed E-state index contributed by atoms with van der Waals surface area (Å²) in [7, 11) is 0. The molecule has 1 aliphatic heterocycles. The summed E-state index contributed by atoms with van der Waals surface area (Å²) in [6, 6.07) is 14.3. The molecule has 0 aliphatic carbocycles. The standard InChI is InChI=1S/C18H15F3N2/c1-2-13-3-5-14(6-4-13)7-8-15-9-11-16(12-10-15)17(22-23-17)18(19,20)21/h3-12H,2H2,1H3. The molecule has 23 heavy (non-hydrogen) atoms. The molecule has 0 unspecified atom stereocenters. The Hall–Kier alpha value is -2.43. The fraction of sp³-hybridized carbons (Fsp3) is 0.222. The van der Waals surface area contributed by atoms with Gasteiger partial charge in [0.05, 0.1) is 0 Å². The van der Waals surface area contributed by atoms with E-state index < -0.39 is 11.8 Å². The Morgan fingerprint density at radius 2 is 1.35 bits per heavy atom. The van der Waals surface area contributed by atoms with Gasteiger partial charge >= 0.3 is 11.8 Å². The van der Waals surface area contributed by atoms with E-state index in [2.05, 4.69) is 29.3 Å². The molecule has 1 aliphatic rings. The van der Waals surface area contributed by atoms with Gasteiger partial charge in [-0.25, -0.2) is 0 Å². The zero-order valence-corrected chi connectivity index (χ0v) is 12.5. The van der Waals surface area contributed by atoms with Crippen LogP contribution in [-0.4, -0.2) is 6.18 Å². The van der Waals surface area contributed by atoms with Crippen molar-refractivity contribution in [1.29, 1.82) is 0 Å². The Kier molecular flexibility index (Phi) is 3.80. The lowest BCUT2D eigenvalue weighted by Gasteiger charge is -2.14. The van der Waals surface area contributed by atoms with Crippen molar-refractivity contribution in [3.05, 3.63) is 70.8 Å². The molecule has 0 N–H and O–H groups in total. The van der Waals surface area contributed by atoms with Gasteiger partial charge in [-0.2, -0.15) is 13.2 Å². The van der Waals surface area contributed by atoms with Crippen molar-refractivity contribution in [2.24, 2.45) is 10.2 Å². The van der Waals surface area contributed by atoms with E-state index in [9.17, 15) is 13.2 Å². The van der Waals surface area contributed by atoms with Crippen LogP contribution >= 0.6 is 0 Å². The first-order valence-electron chi connectivity index (χ1n) is 7.33. The van der Waals surface area contributed by atoms with E-state index >= 15 is 0 Å². The molecule has 5 heteroatoms. The highest BCUT2D eigenvalue weighted by Gasteiger charge is 2.65. The third-order valence-electron chi connectivity index (χ3n) is 3.86. The van der Waals surface area contributed by atoms with Crippen molar-refractivity contribution in [2.75, 3.05) is 0 Å². The molecule has 0 bridgehead atoms. The number of hydrogen-bond donors (Lipinski definition) is 0. The van der Waals surface area contributed by atoms with Gasteiger partial charge in [0.25, 0.3) is 0 Å². The van der Waals surface area contributed by atoms with E-state index in [1.165, 1.54) is 17.7 Å². The second-order valence-electron chi connectivity index (χ2n) is 5.42. The fourth-order valence-electron chi connectivity index (χ4n) is 2.33. The Labute approximate surface area is 132 Å². The molecular formula is C18H15F3N2. The topological polar surface area (TPSA) is 24.7 Å². The summed E-state index contributed by atoms with van der Waals surface area (Å²) in [5.74, 6) is 0. The molecule has 2 aromatic carbocycles. The molecule has 0 aromatic heterocycles. The maximum Gasteiger partial charge on any atom is 0.442 e. The van der Waals surface area contributed by atoms with Crippen molar-refractivity contribution in [3.63, 3.8) is 0 Å². The van der Waals surface area contributed by atoms with E-state index in [0.29, 0.717) is 0 Å². The van der Waals surface area contributed by atoms with E-state index in [1.54, 1.807) is 12.1 Å². The number of hydrogen-bond acceptors (Lipinski definition) is 2. The smallest absolute Gasteiger partial charge is 0.166 e. The first-order valence-corrected chi connectivity index (χ1v) is 7.33. The third kappa shape index (κ3) is 3.04. The number of aryl methyl sites for hydroxylation is 1. The predicted molar refractivity (Wildman–Crippen MR) is 83.8 cm³/mol. The van der Waals surface area contributed by atoms with E-state index in [4.69, 9.17) is 0 Å². The van der Waals surface area contributed by atoms with Crippen LogP contribution in [0.3, 0.4) is 0 Å². The summed E-state index contributed by atoms with van der Waals surface area (Å²) in [6.45, 7) is 2.10. The number of halogens is 3. The lowest BCUT2D eigenvalue weighted by molar-refractivity contribution is -0.166. The normalized spacial score (nSPS) is 16.0. The number of nitrogens with zero attached hydrogens (tertiary/aromatic N) is 2. The Morgan fingerprint density at radius 1 is 0.870 bits per heavy atom. The number of benzene rings is 2. The lowest BCUT2D eigenvalue weighted by Crippen LogP contribution is -2.29. The first kappa shape index (κ1) is 15.5. The highest BCUT2D eigenvalue weighted by Crippen LogP contribution is 2.52. The monoisotopic (exact) mass is 316 g/mol. The largest absolute Gasteiger partial charge is 0.442 e. The zero-order valence-electron chi connectivity index (χ0n) is 12.5. The van der Waals surface area contributed by atoms with Crippen molar-refractivity contribution >= 4 is 12.2 Å². The van der Waals surface area contributed by atoms with Crippen LogP contribution in [0, 0.1) is 0 Å². The van der Waals surface area contributed by atoms with Gasteiger partial charge in [0.1, 0.15) is 0 Å². The number of rotatable bonds is 4. The summed E-state index contributed by atoms with van der Waals surface area (Å²) in [6.07, 6.45) is 0.305. The summed E-state index contributed by atoms with van der Waals surface area (Å²) in [5, 5.41) is 6.39. The second-order valence-corrected chi connectivity index (χ2v) is 5.42. The maximum atomic E-state index is 12.9. The molecule has 0 saturated heterocycles. The molecule has 0 radical (unpaired) electrons. The van der Waals surface area contributed by atoms with Gasteiger partial charge in [-0.05, 0) is 23.1 Å². The van der Waals surface area contributed by atoms with Crippen molar-refractivity contribution in [2.45, 2.75) is 25.2 Å². The van der Waals surface area contributed by atoms with Crippen LogP contribution < -0.4 is 0 Å². The minimum atomic E-state index is -4.48. The average Bonchev–Trinajstić information content (AvgIpc) is 3.35. The summed E-state index contributed by atoms with van der Waals surface area (Å²) in [5.41, 5.74) is 0.845. The molecule has 1 heterocycles. The van der Waals surface area contributed by atoms with E-state index in [0.717, 1.165) is 17.5 Å². The predicted octanol–water partition coefficient (Wildman–Crippen LogP) is 5.60. The van der Waals surface area contributed by atoms with Gasteiger partial charge in [-0.15, -0.1) is 10.2 Å². The van der Waals surface area contributed by atoms with E-state index in [1.807, 2.05) is 24.3 Å². The van der Waals surface area contributed by atoms with Crippen LogP contribution in [0.4, 0.5) is 13.2 Å². The Morgan fingerprint density at radius 3 is 1.74 bits per heavy atom. The van der Waals surface area contributed by atoms with Crippen LogP contribution in [0.5, 0.6) is 0 Å². The van der Waals surface area contributed by atoms with Crippen molar-refractivity contribution in [1.82, 2.24) is 0 Å². The van der Waals surface area contributed by atoms with Crippen molar-refractivity contribution < 1.29 is 13.2 Å². The number of alkyl halides is 3. The molecule has 0 fully saturated rings. The van der Waals surface area contributed by atoms with Gasteiger partial charge in [-0.3, -0.25) is 0 Å². The fourth-order valence-corrected chi connectivity index (χ4v) is 2.33. The van der Waals surface area contributed by atoms with Gasteiger partial charge in [0, 0.05) is 5.56 Å². The Bertz CT molecular complexity index is 735. The molecule has 118 valence electrons. The third-order valence-corrected chi connectivity index (χ3v) is 3.86. The molecule has 0 atom stereocenters. The summed E-state index contributed by atoms with van der Waals surface area (Å²) < 4.78 is 38.7. The first-order chi connectivity index (χ1) is 10.9. The summed E-state index contributed by atoms with van der Waals surface area (Å²) >= 11 is 0. The van der Waals surface area contributed by atoms with Crippen LogP contribution in [0.2, 0.25) is 0 Å². The average molecular weight is 316 g/mol. The second kappa shape index (κ2) is 5.65. The molecule has 2 nitrogen and oxygen atoms in total. The molecule has 0 amide bonds. The van der Waals surface area contributed by atoms with Gasteiger partial charge < -0.3 is 0 Å². The van der Waals surface area contributed by atoms with Crippen LogP contribution in [0.1, 0.15) is 29.2 Å². The highest BCUT2D eigenvalue weighted by atomic mass is 19.4. The molecule has 0 spiro atoms. The molecular weight excluding hydrogens is 301 g/mol. The molecule has 3 rings (SSSR count). The minimum absolute atomic E-state index is 0.0504. The highest BCUT2D eigenvalue weighted by molar-refractivity contribution is 5.69. The van der Waals surface area contributed by atoms with Gasteiger partial charge in [0.15, 0.2) is 0 Å². The molecule has 2 aromatic rings. The minimum Gasteiger partial charge on any atom is -0.166 e. The lowest BCUT2D eigenvalue weighted by atomic mass is 10.0. The van der Waals surface area contributed by atoms with Gasteiger partial charge in [-0.1, -0.05) is 67.6 Å². The van der Waals surface area contributed by atoms with Crippen molar-refractivity contribution in [3.8, 4) is 0 Å². The quantitative estimate of drug-likeness (QED) is 0.656. The zero-order chi connectivity index (χ0) is 16.5. The van der Waals surface area contributed by atoms with Crippen LogP contribution in [0.25, 0.3) is 12.2 Å². The molecule has 0 saturated carbocycles. The van der Waals surface area contributed by atoms with Gasteiger partial charge in [0.2, 0.25) is 0 Å².